The fourth-order valence-electron chi connectivity index (χ4n) is 3.67. The van der Waals surface area contributed by atoms with Crippen molar-refractivity contribution in [2.45, 2.75) is 24.3 Å². The summed E-state index contributed by atoms with van der Waals surface area (Å²) in [4.78, 5) is 18.9. The summed E-state index contributed by atoms with van der Waals surface area (Å²) in [6.45, 7) is 0.482. The number of hydrogen-bond acceptors (Lipinski definition) is 5. The van der Waals surface area contributed by atoms with Crippen LogP contribution in [0.25, 0.3) is 0 Å². The van der Waals surface area contributed by atoms with Gasteiger partial charge in [0, 0.05) is 16.8 Å². The number of thioether (sulfide) groups is 1. The second-order valence-corrected chi connectivity index (χ2v) is 11.2. The topological polar surface area (TPSA) is 76.0 Å². The van der Waals surface area contributed by atoms with Crippen molar-refractivity contribution < 1.29 is 17.9 Å². The third kappa shape index (κ3) is 4.82. The summed E-state index contributed by atoms with van der Waals surface area (Å²) in [7, 11) is -1.49. The van der Waals surface area contributed by atoms with Crippen molar-refractivity contribution in [1.82, 2.24) is 4.90 Å². The predicted octanol–water partition coefficient (Wildman–Crippen LogP) is 3.19. The van der Waals surface area contributed by atoms with E-state index in [1.54, 1.807) is 19.2 Å². The maximum Gasteiger partial charge on any atom is 0.252 e. The fraction of sp³-hybridized carbons (Fsp3) is 0.333. The first kappa shape index (κ1) is 21.2. The molecule has 2 aliphatic heterocycles. The maximum absolute atomic E-state index is 12.6. The molecule has 2 saturated heterocycles. The normalized spacial score (nSPS) is 23.5. The summed E-state index contributed by atoms with van der Waals surface area (Å²) in [5.41, 5.74) is 1.83. The van der Waals surface area contributed by atoms with Crippen LogP contribution in [0.4, 0.5) is 0 Å². The highest BCUT2D eigenvalue weighted by atomic mass is 35.5. The summed E-state index contributed by atoms with van der Waals surface area (Å²) in [5, 5.41) is 1.13. The lowest BCUT2D eigenvalue weighted by molar-refractivity contribution is -0.117. The number of amides is 1. The minimum atomic E-state index is -3.08. The van der Waals surface area contributed by atoms with E-state index in [4.69, 9.17) is 16.3 Å². The monoisotopic (exact) mass is 464 g/mol. The molecule has 1 amide bonds. The van der Waals surface area contributed by atoms with Gasteiger partial charge in [0.15, 0.2) is 15.0 Å². The molecule has 158 valence electrons. The van der Waals surface area contributed by atoms with Crippen molar-refractivity contribution in [3.8, 4) is 5.75 Å². The van der Waals surface area contributed by atoms with Gasteiger partial charge in [0.25, 0.3) is 5.91 Å². The number of rotatable bonds is 5. The Kier molecular flexibility index (Phi) is 6.09. The Labute approximate surface area is 185 Å². The summed E-state index contributed by atoms with van der Waals surface area (Å²) in [6.07, 6.45) is 0.177. The third-order valence-corrected chi connectivity index (χ3v) is 8.68. The Balaban J connectivity index is 1.54. The van der Waals surface area contributed by atoms with E-state index in [9.17, 15) is 13.2 Å². The first-order valence-electron chi connectivity index (χ1n) is 9.45. The number of sulfone groups is 1. The molecule has 0 N–H and O–H groups in total. The molecule has 2 aromatic rings. The molecule has 0 aromatic heterocycles. The largest absolute Gasteiger partial charge is 0.497 e. The van der Waals surface area contributed by atoms with Crippen LogP contribution >= 0.6 is 23.4 Å². The molecular formula is C21H21ClN2O4S2. The number of nitrogens with zero attached hydrogens (tertiary/aromatic N) is 2. The number of hydrogen-bond donors (Lipinski definition) is 0. The SMILES string of the molecule is COc1ccc(CC(=O)N=C2S[C@@H]3CS(=O)(=O)C[C@H]3N2Cc2ccc(Cl)cc2)cc1. The van der Waals surface area contributed by atoms with Gasteiger partial charge in [-0.15, -0.1) is 0 Å². The molecule has 6 nitrogen and oxygen atoms in total. The van der Waals surface area contributed by atoms with E-state index in [2.05, 4.69) is 4.99 Å². The lowest BCUT2D eigenvalue weighted by Crippen LogP contribution is -2.37. The van der Waals surface area contributed by atoms with Gasteiger partial charge >= 0.3 is 0 Å². The second-order valence-electron chi connectivity index (χ2n) is 7.37. The number of carbonyl (C=O) groups is 1. The van der Waals surface area contributed by atoms with Crippen molar-refractivity contribution in [3.63, 3.8) is 0 Å². The van der Waals surface area contributed by atoms with Gasteiger partial charge in [0.05, 0.1) is 31.1 Å². The van der Waals surface area contributed by atoms with Crippen LogP contribution in [-0.2, 0) is 27.6 Å². The minimum Gasteiger partial charge on any atom is -0.497 e. The Bertz CT molecular complexity index is 1070. The van der Waals surface area contributed by atoms with E-state index in [1.165, 1.54) is 11.8 Å². The van der Waals surface area contributed by atoms with Gasteiger partial charge in [-0.2, -0.15) is 4.99 Å². The van der Waals surface area contributed by atoms with E-state index in [0.717, 1.165) is 16.9 Å². The fourth-order valence-corrected chi connectivity index (χ4v) is 7.77. The van der Waals surface area contributed by atoms with Gasteiger partial charge < -0.3 is 9.64 Å². The van der Waals surface area contributed by atoms with Crippen LogP contribution in [-0.4, -0.2) is 54.3 Å². The summed E-state index contributed by atoms with van der Waals surface area (Å²) in [6, 6.07) is 14.5. The van der Waals surface area contributed by atoms with Crippen LogP contribution < -0.4 is 4.74 Å². The van der Waals surface area contributed by atoms with Crippen molar-refractivity contribution in [2.24, 2.45) is 4.99 Å². The van der Waals surface area contributed by atoms with Crippen LogP contribution in [0.2, 0.25) is 5.02 Å². The van der Waals surface area contributed by atoms with E-state index in [0.29, 0.717) is 16.7 Å². The number of carbonyl (C=O) groups excluding carboxylic acids is 1. The number of fused-ring (bicyclic) bond motifs is 1. The zero-order valence-electron chi connectivity index (χ0n) is 16.3. The molecule has 30 heavy (non-hydrogen) atoms. The Morgan fingerprint density at radius 2 is 1.80 bits per heavy atom. The average Bonchev–Trinajstić information content (AvgIpc) is 3.16. The number of halogens is 1. The summed E-state index contributed by atoms with van der Waals surface area (Å²) in [5.74, 6) is 0.674. The number of benzene rings is 2. The van der Waals surface area contributed by atoms with Crippen LogP contribution in [0.1, 0.15) is 11.1 Å². The van der Waals surface area contributed by atoms with Crippen molar-refractivity contribution in [2.75, 3.05) is 18.6 Å². The lowest BCUT2D eigenvalue weighted by atomic mass is 10.1. The lowest BCUT2D eigenvalue weighted by Gasteiger charge is -2.24. The molecule has 0 saturated carbocycles. The van der Waals surface area contributed by atoms with Crippen molar-refractivity contribution in [1.29, 1.82) is 0 Å². The van der Waals surface area contributed by atoms with Crippen molar-refractivity contribution in [3.05, 3.63) is 64.7 Å². The van der Waals surface area contributed by atoms with Gasteiger partial charge in [-0.25, -0.2) is 8.42 Å². The Hall–Kier alpha value is -2.03. The zero-order valence-corrected chi connectivity index (χ0v) is 18.7. The standard InChI is InChI=1S/C21H21ClN2O4S2/c1-28-17-8-4-14(5-9-17)10-20(25)23-21-24(11-15-2-6-16(22)7-3-15)18-12-30(26,27)13-19(18)29-21/h2-9,18-19H,10-13H2,1H3/t18-,19-/m1/s1. The van der Waals surface area contributed by atoms with Crippen LogP contribution in [0, 0.1) is 0 Å². The highest BCUT2D eigenvalue weighted by Gasteiger charge is 2.48. The quantitative estimate of drug-likeness (QED) is 0.676. The molecule has 9 heteroatoms. The molecule has 2 aliphatic rings. The van der Waals surface area contributed by atoms with Crippen LogP contribution in [0.15, 0.2) is 53.5 Å². The van der Waals surface area contributed by atoms with E-state index < -0.39 is 9.84 Å². The smallest absolute Gasteiger partial charge is 0.252 e. The second kappa shape index (κ2) is 8.61. The molecular weight excluding hydrogens is 444 g/mol. The third-order valence-electron chi connectivity index (χ3n) is 5.18. The van der Waals surface area contributed by atoms with Gasteiger partial charge in [0.1, 0.15) is 5.75 Å². The zero-order chi connectivity index (χ0) is 21.3. The molecule has 2 heterocycles. The Morgan fingerprint density at radius 3 is 2.47 bits per heavy atom. The number of ether oxygens (including phenoxy) is 1. The van der Waals surface area contributed by atoms with Crippen molar-refractivity contribution >= 4 is 44.3 Å². The predicted molar refractivity (Wildman–Crippen MR) is 120 cm³/mol. The van der Waals surface area contributed by atoms with E-state index >= 15 is 0 Å². The molecule has 2 aromatic carbocycles. The number of amidine groups is 1. The minimum absolute atomic E-state index is 0.0872. The number of methoxy groups -OCH3 is 1. The molecule has 4 rings (SSSR count). The molecule has 0 spiro atoms. The maximum atomic E-state index is 12.6. The van der Waals surface area contributed by atoms with Gasteiger partial charge in [-0.05, 0) is 35.4 Å². The van der Waals surface area contributed by atoms with E-state index in [1.807, 2.05) is 41.3 Å². The number of aliphatic imine (C=N–C) groups is 1. The highest BCUT2D eigenvalue weighted by molar-refractivity contribution is 8.15. The van der Waals surface area contributed by atoms with Crippen LogP contribution in [0.3, 0.4) is 0 Å². The summed E-state index contributed by atoms with van der Waals surface area (Å²) < 4.78 is 29.4. The van der Waals surface area contributed by atoms with Gasteiger partial charge in [-0.1, -0.05) is 47.6 Å². The first-order chi connectivity index (χ1) is 14.3. The molecule has 0 unspecified atom stereocenters. The van der Waals surface area contributed by atoms with E-state index in [-0.39, 0.29) is 35.1 Å². The first-order valence-corrected chi connectivity index (χ1v) is 12.5. The molecule has 0 bridgehead atoms. The average molecular weight is 465 g/mol. The molecule has 0 radical (unpaired) electrons. The summed E-state index contributed by atoms with van der Waals surface area (Å²) >= 11 is 7.36. The molecule has 0 aliphatic carbocycles. The molecule has 2 atom stereocenters. The Morgan fingerprint density at radius 1 is 1.13 bits per heavy atom. The van der Waals surface area contributed by atoms with Crippen LogP contribution in [0.5, 0.6) is 5.75 Å². The van der Waals surface area contributed by atoms with Gasteiger partial charge in [0.2, 0.25) is 0 Å². The molecule has 2 fully saturated rings. The van der Waals surface area contributed by atoms with Gasteiger partial charge in [-0.3, -0.25) is 4.79 Å². The highest BCUT2D eigenvalue weighted by Crippen LogP contribution is 2.39.